The summed E-state index contributed by atoms with van der Waals surface area (Å²) in [7, 11) is 0. The van der Waals surface area contributed by atoms with E-state index in [4.69, 9.17) is 5.11 Å². The number of allylic oxidation sites excluding steroid dienone is 3. The molecule has 0 aromatic rings. The lowest BCUT2D eigenvalue weighted by Crippen LogP contribution is -1.78. The maximum Gasteiger partial charge on any atom is 0.0615 e. The third-order valence-electron chi connectivity index (χ3n) is 2.46. The molecular weight excluding hydrogens is 184 g/mol. The smallest absolute Gasteiger partial charge is 0.0615 e. The topological polar surface area (TPSA) is 20.2 Å². The van der Waals surface area contributed by atoms with Gasteiger partial charge in [-0.25, -0.2) is 0 Å². The summed E-state index contributed by atoms with van der Waals surface area (Å²) in [4.78, 5) is 0. The SMILES string of the molecule is CCCCCCCCCC=CC=CCO. The number of rotatable bonds is 10. The zero-order valence-corrected chi connectivity index (χ0v) is 10.1. The van der Waals surface area contributed by atoms with Crippen molar-refractivity contribution < 1.29 is 5.11 Å². The fraction of sp³-hybridized carbons (Fsp3) is 0.714. The Kier molecular flexibility index (Phi) is 12.9. The van der Waals surface area contributed by atoms with Gasteiger partial charge in [0.05, 0.1) is 6.61 Å². The normalized spacial score (nSPS) is 11.9. The number of aliphatic hydroxyl groups excluding tert-OH is 1. The van der Waals surface area contributed by atoms with Gasteiger partial charge >= 0.3 is 0 Å². The molecular formula is C14H26O. The second-order valence-corrected chi connectivity index (χ2v) is 3.95. The molecule has 0 saturated heterocycles. The van der Waals surface area contributed by atoms with Crippen LogP contribution in [0.3, 0.4) is 0 Å². The van der Waals surface area contributed by atoms with E-state index in [0.717, 1.165) is 0 Å². The summed E-state index contributed by atoms with van der Waals surface area (Å²) in [6.07, 6.45) is 18.6. The molecule has 0 bridgehead atoms. The Bertz CT molecular complexity index is 159. The Morgan fingerprint density at radius 1 is 0.800 bits per heavy atom. The van der Waals surface area contributed by atoms with E-state index < -0.39 is 0 Å². The lowest BCUT2D eigenvalue weighted by Gasteiger charge is -1.98. The predicted octanol–water partition coefficient (Wildman–Crippen LogP) is 4.23. The number of hydrogen-bond donors (Lipinski definition) is 1. The number of aliphatic hydroxyl groups is 1. The Hall–Kier alpha value is -0.560. The van der Waals surface area contributed by atoms with Gasteiger partial charge in [0.2, 0.25) is 0 Å². The monoisotopic (exact) mass is 210 g/mol. The van der Waals surface area contributed by atoms with Crippen molar-refractivity contribution in [1.29, 1.82) is 0 Å². The second-order valence-electron chi connectivity index (χ2n) is 3.95. The van der Waals surface area contributed by atoms with Crippen LogP contribution in [0, 0.1) is 0 Å². The molecule has 0 heterocycles. The molecule has 0 saturated carbocycles. The van der Waals surface area contributed by atoms with Crippen molar-refractivity contribution in [3.05, 3.63) is 24.3 Å². The van der Waals surface area contributed by atoms with Crippen LogP contribution in [0.1, 0.15) is 58.3 Å². The standard InChI is InChI=1S/C14H26O/c1-2-3-4-5-6-7-8-9-10-11-12-13-14-15/h10-13,15H,2-9,14H2,1H3. The van der Waals surface area contributed by atoms with Crippen LogP contribution >= 0.6 is 0 Å². The molecule has 88 valence electrons. The largest absolute Gasteiger partial charge is 0.392 e. The van der Waals surface area contributed by atoms with Crippen molar-refractivity contribution in [2.75, 3.05) is 6.61 Å². The van der Waals surface area contributed by atoms with Crippen molar-refractivity contribution in [2.45, 2.75) is 58.3 Å². The maximum atomic E-state index is 8.49. The lowest BCUT2D eigenvalue weighted by atomic mass is 10.1. The van der Waals surface area contributed by atoms with Gasteiger partial charge in [0, 0.05) is 0 Å². The summed E-state index contributed by atoms with van der Waals surface area (Å²) in [6, 6.07) is 0. The zero-order chi connectivity index (χ0) is 11.2. The van der Waals surface area contributed by atoms with Gasteiger partial charge in [-0.2, -0.15) is 0 Å². The molecule has 0 aromatic carbocycles. The van der Waals surface area contributed by atoms with Crippen LogP contribution in [0.15, 0.2) is 24.3 Å². The van der Waals surface area contributed by atoms with Crippen LogP contribution < -0.4 is 0 Å². The fourth-order valence-corrected chi connectivity index (χ4v) is 1.53. The molecule has 0 unspecified atom stereocenters. The van der Waals surface area contributed by atoms with Gasteiger partial charge in [0.25, 0.3) is 0 Å². The van der Waals surface area contributed by atoms with Crippen molar-refractivity contribution in [1.82, 2.24) is 0 Å². The molecule has 0 aromatic heterocycles. The van der Waals surface area contributed by atoms with Gasteiger partial charge < -0.3 is 5.11 Å². The summed E-state index contributed by atoms with van der Waals surface area (Å²) < 4.78 is 0. The van der Waals surface area contributed by atoms with Crippen LogP contribution in [-0.4, -0.2) is 11.7 Å². The fourth-order valence-electron chi connectivity index (χ4n) is 1.53. The van der Waals surface area contributed by atoms with Gasteiger partial charge in [0.15, 0.2) is 0 Å². The highest BCUT2D eigenvalue weighted by Crippen LogP contribution is 2.08. The molecule has 0 aliphatic rings. The molecule has 0 aliphatic heterocycles. The van der Waals surface area contributed by atoms with E-state index in [1.807, 2.05) is 12.2 Å². The number of unbranched alkanes of at least 4 members (excludes halogenated alkanes) is 7. The van der Waals surface area contributed by atoms with Gasteiger partial charge in [-0.3, -0.25) is 0 Å². The zero-order valence-electron chi connectivity index (χ0n) is 10.1. The molecule has 0 atom stereocenters. The molecule has 0 rings (SSSR count). The molecule has 1 N–H and O–H groups in total. The highest BCUT2D eigenvalue weighted by molar-refractivity contribution is 5.02. The van der Waals surface area contributed by atoms with Crippen LogP contribution in [0.4, 0.5) is 0 Å². The summed E-state index contributed by atoms with van der Waals surface area (Å²) in [6.45, 7) is 2.40. The van der Waals surface area contributed by atoms with Crippen LogP contribution in [0.25, 0.3) is 0 Å². The Balaban J connectivity index is 3.04. The lowest BCUT2D eigenvalue weighted by molar-refractivity contribution is 0.343. The summed E-state index contributed by atoms with van der Waals surface area (Å²) >= 11 is 0. The minimum absolute atomic E-state index is 0.141. The first kappa shape index (κ1) is 14.4. The molecule has 0 fully saturated rings. The first-order valence-electron chi connectivity index (χ1n) is 6.34. The van der Waals surface area contributed by atoms with E-state index in [-0.39, 0.29) is 6.61 Å². The number of hydrogen-bond acceptors (Lipinski definition) is 1. The van der Waals surface area contributed by atoms with E-state index in [1.54, 1.807) is 6.08 Å². The van der Waals surface area contributed by atoms with E-state index in [1.165, 1.54) is 51.4 Å². The third kappa shape index (κ3) is 13.4. The molecule has 0 aliphatic carbocycles. The van der Waals surface area contributed by atoms with Crippen molar-refractivity contribution in [3.8, 4) is 0 Å². The van der Waals surface area contributed by atoms with Crippen molar-refractivity contribution in [3.63, 3.8) is 0 Å². The van der Waals surface area contributed by atoms with Crippen LogP contribution in [0.5, 0.6) is 0 Å². The Morgan fingerprint density at radius 2 is 1.40 bits per heavy atom. The van der Waals surface area contributed by atoms with Crippen molar-refractivity contribution >= 4 is 0 Å². The summed E-state index contributed by atoms with van der Waals surface area (Å²) in [5.74, 6) is 0. The molecule has 1 nitrogen and oxygen atoms in total. The Labute approximate surface area is 94.9 Å². The quantitative estimate of drug-likeness (QED) is 0.422. The minimum Gasteiger partial charge on any atom is -0.392 e. The second kappa shape index (κ2) is 13.4. The summed E-state index contributed by atoms with van der Waals surface area (Å²) in [5.41, 5.74) is 0. The first-order chi connectivity index (χ1) is 7.41. The molecule has 1 heteroatoms. The molecule has 15 heavy (non-hydrogen) atoms. The van der Waals surface area contributed by atoms with Gasteiger partial charge in [-0.15, -0.1) is 0 Å². The minimum atomic E-state index is 0.141. The average Bonchev–Trinajstić information content (AvgIpc) is 2.26. The van der Waals surface area contributed by atoms with Crippen molar-refractivity contribution in [2.24, 2.45) is 0 Å². The van der Waals surface area contributed by atoms with E-state index in [0.29, 0.717) is 0 Å². The highest BCUT2D eigenvalue weighted by atomic mass is 16.2. The molecule has 0 amide bonds. The highest BCUT2D eigenvalue weighted by Gasteiger charge is 1.88. The molecule has 0 radical (unpaired) electrons. The molecule has 0 spiro atoms. The maximum absolute atomic E-state index is 8.49. The van der Waals surface area contributed by atoms with Gasteiger partial charge in [-0.1, -0.05) is 69.8 Å². The first-order valence-corrected chi connectivity index (χ1v) is 6.34. The average molecular weight is 210 g/mol. The predicted molar refractivity (Wildman–Crippen MR) is 68.0 cm³/mol. The van der Waals surface area contributed by atoms with Gasteiger partial charge in [-0.05, 0) is 12.8 Å². The van der Waals surface area contributed by atoms with E-state index in [9.17, 15) is 0 Å². The summed E-state index contributed by atoms with van der Waals surface area (Å²) in [5, 5.41) is 8.49. The van der Waals surface area contributed by atoms with Crippen LogP contribution in [-0.2, 0) is 0 Å². The van der Waals surface area contributed by atoms with Crippen LogP contribution in [0.2, 0.25) is 0 Å². The Morgan fingerprint density at radius 3 is 2.07 bits per heavy atom. The third-order valence-corrected chi connectivity index (χ3v) is 2.46. The van der Waals surface area contributed by atoms with Gasteiger partial charge in [0.1, 0.15) is 0 Å². The van der Waals surface area contributed by atoms with E-state index >= 15 is 0 Å². The van der Waals surface area contributed by atoms with E-state index in [2.05, 4.69) is 13.0 Å².